The number of benzene rings is 1. The number of alkyl halides is 6. The molecule has 0 unspecified atom stereocenters. The molecule has 0 spiro atoms. The van der Waals surface area contributed by atoms with E-state index < -0.39 is 62.7 Å². The van der Waals surface area contributed by atoms with E-state index in [-0.39, 0.29) is 15.2 Å². The zero-order chi connectivity index (χ0) is 21.2. The SMILES string of the molecule is Cn1c(C(F)(F)F)cc(=O)n(-c2c(F)cc(Cl)c3[nH]c(C(F)(F)F)nc23)c1=O. The second-order valence-corrected chi connectivity index (χ2v) is 5.95. The molecule has 3 rings (SSSR count). The fourth-order valence-electron chi connectivity index (χ4n) is 2.53. The Labute approximate surface area is 153 Å². The summed E-state index contributed by atoms with van der Waals surface area (Å²) in [5.74, 6) is -3.04. The summed E-state index contributed by atoms with van der Waals surface area (Å²) in [5.41, 5.74) is -7.35. The number of imidazole rings is 1. The lowest BCUT2D eigenvalue weighted by Gasteiger charge is -2.14. The van der Waals surface area contributed by atoms with Crippen LogP contribution < -0.4 is 11.2 Å². The van der Waals surface area contributed by atoms with E-state index in [0.717, 1.165) is 0 Å². The van der Waals surface area contributed by atoms with Gasteiger partial charge in [0.25, 0.3) is 5.56 Å². The van der Waals surface area contributed by atoms with Gasteiger partial charge in [-0.25, -0.2) is 18.7 Å². The molecular formula is C14H6ClF7N4O2. The van der Waals surface area contributed by atoms with Crippen LogP contribution in [0.25, 0.3) is 16.7 Å². The van der Waals surface area contributed by atoms with Crippen molar-refractivity contribution >= 4 is 22.6 Å². The molecule has 0 radical (unpaired) electrons. The summed E-state index contributed by atoms with van der Waals surface area (Å²) in [6.07, 6.45) is -10.1. The van der Waals surface area contributed by atoms with Crippen LogP contribution in [0.4, 0.5) is 30.7 Å². The first-order chi connectivity index (χ1) is 12.7. The van der Waals surface area contributed by atoms with Crippen molar-refractivity contribution in [2.24, 2.45) is 7.05 Å². The van der Waals surface area contributed by atoms with Crippen LogP contribution in [0.3, 0.4) is 0 Å². The highest BCUT2D eigenvalue weighted by molar-refractivity contribution is 6.35. The smallest absolute Gasteiger partial charge is 0.333 e. The molecule has 2 heterocycles. The van der Waals surface area contributed by atoms with Crippen LogP contribution in [0.15, 0.2) is 21.7 Å². The minimum absolute atomic E-state index is 0.0125. The molecule has 14 heteroatoms. The van der Waals surface area contributed by atoms with Gasteiger partial charge in [-0.05, 0) is 6.07 Å². The first-order valence-corrected chi connectivity index (χ1v) is 7.47. The van der Waals surface area contributed by atoms with Gasteiger partial charge in [0.05, 0.1) is 10.5 Å². The topological polar surface area (TPSA) is 72.7 Å². The minimum atomic E-state index is -5.07. The number of nitrogens with one attached hydrogen (secondary N) is 1. The van der Waals surface area contributed by atoms with Crippen LogP contribution in [0.1, 0.15) is 11.5 Å². The molecular weight excluding hydrogens is 425 g/mol. The number of rotatable bonds is 1. The van der Waals surface area contributed by atoms with Crippen molar-refractivity contribution in [3.8, 4) is 5.69 Å². The lowest BCUT2D eigenvalue weighted by Crippen LogP contribution is -2.41. The average molecular weight is 431 g/mol. The van der Waals surface area contributed by atoms with Gasteiger partial charge in [0, 0.05) is 13.1 Å². The van der Waals surface area contributed by atoms with Gasteiger partial charge in [0.2, 0.25) is 5.82 Å². The van der Waals surface area contributed by atoms with Gasteiger partial charge in [0.15, 0.2) is 5.82 Å². The van der Waals surface area contributed by atoms with E-state index in [1.807, 2.05) is 0 Å². The Bertz CT molecular complexity index is 1220. The van der Waals surface area contributed by atoms with Crippen LogP contribution in [-0.2, 0) is 19.4 Å². The molecule has 0 bridgehead atoms. The highest BCUT2D eigenvalue weighted by Crippen LogP contribution is 2.34. The summed E-state index contributed by atoms with van der Waals surface area (Å²) >= 11 is 5.68. The van der Waals surface area contributed by atoms with Crippen molar-refractivity contribution in [2.45, 2.75) is 12.4 Å². The fraction of sp³-hybridized carbons (Fsp3) is 0.214. The van der Waals surface area contributed by atoms with Crippen molar-refractivity contribution in [3.63, 3.8) is 0 Å². The standard InChI is InChI=1S/C14H6ClF7N4O2/c1-25-6(13(17,18)19)3-7(27)26(12(25)28)10-5(16)2-4(15)8-9(10)24-11(23-8)14(20,21)22/h2-3H,1H3,(H,23,24). The summed E-state index contributed by atoms with van der Waals surface area (Å²) in [6, 6.07) is 0.514. The van der Waals surface area contributed by atoms with Crippen molar-refractivity contribution in [2.75, 3.05) is 0 Å². The van der Waals surface area contributed by atoms with E-state index >= 15 is 0 Å². The molecule has 0 atom stereocenters. The molecule has 150 valence electrons. The van der Waals surface area contributed by atoms with Gasteiger partial charge >= 0.3 is 18.0 Å². The van der Waals surface area contributed by atoms with E-state index in [1.54, 1.807) is 4.98 Å². The summed E-state index contributed by atoms with van der Waals surface area (Å²) in [5, 5.41) is -0.545. The third-order valence-corrected chi connectivity index (χ3v) is 4.05. The number of hydrogen-bond donors (Lipinski definition) is 1. The maximum atomic E-state index is 14.4. The summed E-state index contributed by atoms with van der Waals surface area (Å²) in [4.78, 5) is 29.4. The number of H-pyrrole nitrogens is 1. The normalized spacial score (nSPS) is 12.8. The molecule has 0 saturated carbocycles. The maximum Gasteiger partial charge on any atom is 0.449 e. The minimum Gasteiger partial charge on any atom is -0.333 e. The Hall–Kier alpha value is -2.83. The lowest BCUT2D eigenvalue weighted by atomic mass is 10.2. The summed E-state index contributed by atoms with van der Waals surface area (Å²) < 4.78 is 91.9. The van der Waals surface area contributed by atoms with Crippen LogP contribution in [0.2, 0.25) is 5.02 Å². The predicted octanol–water partition coefficient (Wildman–Crippen LogP) is 3.24. The molecule has 0 aliphatic rings. The van der Waals surface area contributed by atoms with Gasteiger partial charge in [-0.15, -0.1) is 0 Å². The van der Waals surface area contributed by atoms with Crippen molar-refractivity contribution in [1.82, 2.24) is 19.1 Å². The third-order valence-electron chi connectivity index (χ3n) is 3.75. The van der Waals surface area contributed by atoms with Gasteiger partial charge in [0.1, 0.15) is 16.9 Å². The number of hydrogen-bond acceptors (Lipinski definition) is 3. The largest absolute Gasteiger partial charge is 0.449 e. The van der Waals surface area contributed by atoms with Crippen molar-refractivity contribution < 1.29 is 30.7 Å². The molecule has 2 aromatic heterocycles. The Morgan fingerprint density at radius 2 is 1.68 bits per heavy atom. The average Bonchev–Trinajstić information content (AvgIpc) is 2.98. The molecule has 3 aromatic rings. The van der Waals surface area contributed by atoms with Gasteiger partial charge in [-0.2, -0.15) is 26.3 Å². The zero-order valence-corrected chi connectivity index (χ0v) is 14.1. The quantitative estimate of drug-likeness (QED) is 0.602. The first-order valence-electron chi connectivity index (χ1n) is 7.09. The van der Waals surface area contributed by atoms with Crippen molar-refractivity contribution in [3.05, 3.63) is 55.3 Å². The number of halogens is 8. The second-order valence-electron chi connectivity index (χ2n) is 5.54. The molecule has 0 amide bonds. The number of aromatic nitrogens is 4. The maximum absolute atomic E-state index is 14.4. The second kappa shape index (κ2) is 6.09. The number of fused-ring (bicyclic) bond motifs is 1. The monoisotopic (exact) mass is 430 g/mol. The highest BCUT2D eigenvalue weighted by atomic mass is 35.5. The molecule has 6 nitrogen and oxygen atoms in total. The Balaban J connectivity index is 2.46. The van der Waals surface area contributed by atoms with E-state index in [4.69, 9.17) is 11.6 Å². The third kappa shape index (κ3) is 3.04. The molecule has 0 aliphatic carbocycles. The van der Waals surface area contributed by atoms with Crippen LogP contribution in [0, 0.1) is 5.82 Å². The summed E-state index contributed by atoms with van der Waals surface area (Å²) in [7, 11) is 0.664. The van der Waals surface area contributed by atoms with E-state index in [9.17, 15) is 40.3 Å². The van der Waals surface area contributed by atoms with E-state index in [0.29, 0.717) is 13.1 Å². The van der Waals surface area contributed by atoms with Gasteiger partial charge < -0.3 is 4.98 Å². The summed E-state index contributed by atoms with van der Waals surface area (Å²) in [6.45, 7) is 0. The van der Waals surface area contributed by atoms with Crippen molar-refractivity contribution in [1.29, 1.82) is 0 Å². The first kappa shape index (κ1) is 19.9. The van der Waals surface area contributed by atoms with Crippen LogP contribution in [-0.4, -0.2) is 19.1 Å². The number of aromatic amines is 1. The molecule has 1 aromatic carbocycles. The molecule has 28 heavy (non-hydrogen) atoms. The van der Waals surface area contributed by atoms with Crippen LogP contribution >= 0.6 is 11.6 Å². The van der Waals surface area contributed by atoms with E-state index in [1.165, 1.54) is 0 Å². The Kier molecular flexibility index (Phi) is 4.33. The van der Waals surface area contributed by atoms with E-state index in [2.05, 4.69) is 4.98 Å². The molecule has 0 aliphatic heterocycles. The Morgan fingerprint density at radius 3 is 2.21 bits per heavy atom. The fourth-order valence-corrected chi connectivity index (χ4v) is 2.77. The van der Waals surface area contributed by atoms with Gasteiger partial charge in [-0.1, -0.05) is 11.6 Å². The predicted molar refractivity (Wildman–Crippen MR) is 81.9 cm³/mol. The Morgan fingerprint density at radius 1 is 1.07 bits per heavy atom. The van der Waals surface area contributed by atoms with Crippen LogP contribution in [0.5, 0.6) is 0 Å². The zero-order valence-electron chi connectivity index (χ0n) is 13.3. The highest BCUT2D eigenvalue weighted by Gasteiger charge is 2.37. The molecule has 0 saturated heterocycles. The number of nitrogens with zero attached hydrogens (tertiary/aromatic N) is 3. The molecule has 0 fully saturated rings. The lowest BCUT2D eigenvalue weighted by molar-refractivity contribution is -0.144. The molecule has 1 N–H and O–H groups in total. The van der Waals surface area contributed by atoms with Gasteiger partial charge in [-0.3, -0.25) is 9.36 Å².